The third kappa shape index (κ3) is 2.78. The molecule has 0 saturated heterocycles. The summed E-state index contributed by atoms with van der Waals surface area (Å²) in [5.41, 5.74) is 7.98. The van der Waals surface area contributed by atoms with Crippen LogP contribution in [-0.4, -0.2) is 12.6 Å². The maximum Gasteiger partial charge on any atom is 0.123 e. The second-order valence-electron chi connectivity index (χ2n) is 4.92. The Morgan fingerprint density at radius 3 is 2.71 bits per heavy atom. The summed E-state index contributed by atoms with van der Waals surface area (Å²) in [6, 6.07) is 5.50. The van der Waals surface area contributed by atoms with E-state index in [2.05, 4.69) is 11.8 Å². The molecule has 1 aromatic carbocycles. The van der Waals surface area contributed by atoms with Crippen molar-refractivity contribution in [3.8, 4) is 0 Å². The molecular formula is C14H21FN2. The van der Waals surface area contributed by atoms with E-state index in [-0.39, 0.29) is 11.9 Å². The second-order valence-corrected chi connectivity index (χ2v) is 4.92. The molecule has 2 N–H and O–H groups in total. The highest BCUT2D eigenvalue weighted by Crippen LogP contribution is 2.35. The van der Waals surface area contributed by atoms with Gasteiger partial charge >= 0.3 is 0 Å². The summed E-state index contributed by atoms with van der Waals surface area (Å²) in [7, 11) is 0. The van der Waals surface area contributed by atoms with E-state index in [1.165, 1.54) is 18.9 Å². The molecule has 0 unspecified atom stereocenters. The van der Waals surface area contributed by atoms with Gasteiger partial charge in [0.2, 0.25) is 0 Å². The number of rotatable bonds is 5. The van der Waals surface area contributed by atoms with Crippen molar-refractivity contribution in [1.29, 1.82) is 0 Å². The Balaban J connectivity index is 2.34. The van der Waals surface area contributed by atoms with Crippen LogP contribution in [-0.2, 0) is 0 Å². The van der Waals surface area contributed by atoms with Crippen LogP contribution in [0.25, 0.3) is 0 Å². The third-order valence-corrected chi connectivity index (χ3v) is 3.24. The molecule has 1 fully saturated rings. The molecule has 1 aromatic rings. The number of anilines is 1. The molecule has 1 saturated carbocycles. The van der Waals surface area contributed by atoms with Crippen LogP contribution in [0, 0.1) is 5.82 Å². The summed E-state index contributed by atoms with van der Waals surface area (Å²) in [5.74, 6) is -0.201. The van der Waals surface area contributed by atoms with Gasteiger partial charge in [-0.25, -0.2) is 4.39 Å². The van der Waals surface area contributed by atoms with Crippen LogP contribution in [0.2, 0.25) is 0 Å². The Morgan fingerprint density at radius 2 is 2.18 bits per heavy atom. The van der Waals surface area contributed by atoms with Gasteiger partial charge in [0, 0.05) is 24.3 Å². The van der Waals surface area contributed by atoms with Gasteiger partial charge < -0.3 is 10.6 Å². The van der Waals surface area contributed by atoms with Gasteiger partial charge in [0.1, 0.15) is 5.82 Å². The molecule has 0 aromatic heterocycles. The predicted octanol–water partition coefficient (Wildman–Crippen LogP) is 3.22. The number of benzene rings is 1. The first-order valence-electron chi connectivity index (χ1n) is 6.45. The van der Waals surface area contributed by atoms with Crippen LogP contribution in [0.1, 0.15) is 44.7 Å². The largest absolute Gasteiger partial charge is 0.368 e. The lowest BCUT2D eigenvalue weighted by Crippen LogP contribution is -2.28. The minimum atomic E-state index is -0.201. The van der Waals surface area contributed by atoms with Crippen molar-refractivity contribution in [1.82, 2.24) is 0 Å². The highest BCUT2D eigenvalue weighted by molar-refractivity contribution is 5.56. The smallest absolute Gasteiger partial charge is 0.123 e. The summed E-state index contributed by atoms with van der Waals surface area (Å²) < 4.78 is 13.3. The standard InChI is InChI=1S/C14H21FN2/c1-3-8-17(12-5-6-12)14-7-4-11(15)9-13(14)10(2)16/h4,7,9-10,12H,3,5-6,8,16H2,1-2H3/t10-/m1/s1. The summed E-state index contributed by atoms with van der Waals surface area (Å²) in [6.07, 6.45) is 3.60. The Bertz CT molecular complexity index is 386. The molecule has 0 spiro atoms. The molecule has 1 aliphatic rings. The fourth-order valence-corrected chi connectivity index (χ4v) is 2.28. The van der Waals surface area contributed by atoms with E-state index in [1.807, 2.05) is 13.0 Å². The van der Waals surface area contributed by atoms with E-state index in [0.29, 0.717) is 6.04 Å². The van der Waals surface area contributed by atoms with Crippen LogP contribution in [0.4, 0.5) is 10.1 Å². The van der Waals surface area contributed by atoms with E-state index < -0.39 is 0 Å². The zero-order valence-corrected chi connectivity index (χ0v) is 10.6. The molecule has 17 heavy (non-hydrogen) atoms. The summed E-state index contributed by atoms with van der Waals surface area (Å²) in [6.45, 7) is 5.11. The minimum Gasteiger partial charge on any atom is -0.368 e. The van der Waals surface area contributed by atoms with E-state index in [4.69, 9.17) is 5.73 Å². The minimum absolute atomic E-state index is 0.126. The SMILES string of the molecule is CCCN(c1ccc(F)cc1[C@@H](C)N)C1CC1. The molecule has 2 nitrogen and oxygen atoms in total. The zero-order valence-electron chi connectivity index (χ0n) is 10.6. The van der Waals surface area contributed by atoms with Gasteiger partial charge in [0.05, 0.1) is 0 Å². The first kappa shape index (κ1) is 12.4. The van der Waals surface area contributed by atoms with Crippen molar-refractivity contribution in [3.63, 3.8) is 0 Å². The quantitative estimate of drug-likeness (QED) is 0.850. The fourth-order valence-electron chi connectivity index (χ4n) is 2.28. The lowest BCUT2D eigenvalue weighted by molar-refractivity contribution is 0.620. The Kier molecular flexibility index (Phi) is 3.67. The Morgan fingerprint density at radius 1 is 1.47 bits per heavy atom. The summed E-state index contributed by atoms with van der Waals surface area (Å²) in [5, 5.41) is 0. The summed E-state index contributed by atoms with van der Waals surface area (Å²) in [4.78, 5) is 2.39. The van der Waals surface area contributed by atoms with Crippen LogP contribution in [0.3, 0.4) is 0 Å². The van der Waals surface area contributed by atoms with Gasteiger partial charge in [-0.3, -0.25) is 0 Å². The topological polar surface area (TPSA) is 29.3 Å². The number of nitrogens with zero attached hydrogens (tertiary/aromatic N) is 1. The van der Waals surface area contributed by atoms with Gasteiger partial charge in [-0.2, -0.15) is 0 Å². The number of halogens is 1. The number of hydrogen-bond donors (Lipinski definition) is 1. The predicted molar refractivity (Wildman–Crippen MR) is 69.7 cm³/mol. The zero-order chi connectivity index (χ0) is 12.4. The van der Waals surface area contributed by atoms with E-state index in [9.17, 15) is 4.39 Å². The molecule has 0 aliphatic heterocycles. The van der Waals surface area contributed by atoms with Crippen molar-refractivity contribution >= 4 is 5.69 Å². The maximum absolute atomic E-state index is 13.3. The monoisotopic (exact) mass is 236 g/mol. The average molecular weight is 236 g/mol. The molecular weight excluding hydrogens is 215 g/mol. The maximum atomic E-state index is 13.3. The van der Waals surface area contributed by atoms with Crippen LogP contribution < -0.4 is 10.6 Å². The molecule has 0 bridgehead atoms. The van der Waals surface area contributed by atoms with E-state index >= 15 is 0 Å². The molecule has 94 valence electrons. The molecule has 3 heteroatoms. The van der Waals surface area contributed by atoms with Crippen molar-refractivity contribution in [3.05, 3.63) is 29.6 Å². The summed E-state index contributed by atoms with van der Waals surface area (Å²) >= 11 is 0. The van der Waals surface area contributed by atoms with Crippen molar-refractivity contribution < 1.29 is 4.39 Å². The number of nitrogens with two attached hydrogens (primary N) is 1. The van der Waals surface area contributed by atoms with E-state index in [0.717, 1.165) is 24.2 Å². The Hall–Kier alpha value is -1.09. The lowest BCUT2D eigenvalue weighted by Gasteiger charge is -2.28. The highest BCUT2D eigenvalue weighted by Gasteiger charge is 2.30. The fraction of sp³-hybridized carbons (Fsp3) is 0.571. The second kappa shape index (κ2) is 5.05. The van der Waals surface area contributed by atoms with Gasteiger partial charge in [-0.15, -0.1) is 0 Å². The van der Waals surface area contributed by atoms with E-state index in [1.54, 1.807) is 6.07 Å². The van der Waals surface area contributed by atoms with Crippen molar-refractivity contribution in [2.24, 2.45) is 5.73 Å². The van der Waals surface area contributed by atoms with Gasteiger partial charge in [-0.1, -0.05) is 6.92 Å². The number of hydrogen-bond acceptors (Lipinski definition) is 2. The normalized spacial score (nSPS) is 16.9. The van der Waals surface area contributed by atoms with Crippen LogP contribution >= 0.6 is 0 Å². The molecule has 1 aliphatic carbocycles. The van der Waals surface area contributed by atoms with Crippen LogP contribution in [0.5, 0.6) is 0 Å². The Labute approximate surface area is 103 Å². The molecule has 0 heterocycles. The molecule has 2 rings (SSSR count). The van der Waals surface area contributed by atoms with Crippen molar-refractivity contribution in [2.75, 3.05) is 11.4 Å². The van der Waals surface area contributed by atoms with Gasteiger partial charge in [0.25, 0.3) is 0 Å². The highest BCUT2D eigenvalue weighted by atomic mass is 19.1. The molecule has 0 amide bonds. The van der Waals surface area contributed by atoms with Crippen LogP contribution in [0.15, 0.2) is 18.2 Å². The molecule has 1 atom stereocenters. The lowest BCUT2D eigenvalue weighted by atomic mass is 10.1. The van der Waals surface area contributed by atoms with Gasteiger partial charge in [-0.05, 0) is 49.9 Å². The van der Waals surface area contributed by atoms with Gasteiger partial charge in [0.15, 0.2) is 0 Å². The first-order valence-corrected chi connectivity index (χ1v) is 6.45. The van der Waals surface area contributed by atoms with Crippen molar-refractivity contribution in [2.45, 2.75) is 45.2 Å². The molecule has 0 radical (unpaired) electrons. The first-order chi connectivity index (χ1) is 8.13. The average Bonchev–Trinajstić information content (AvgIpc) is 3.10. The third-order valence-electron chi connectivity index (χ3n) is 3.24.